The van der Waals surface area contributed by atoms with Gasteiger partial charge in [0, 0.05) is 41.3 Å². The molecule has 9 nitrogen and oxygen atoms in total. The van der Waals surface area contributed by atoms with Gasteiger partial charge in [-0.25, -0.2) is 9.97 Å². The average Bonchev–Trinajstić information content (AvgIpc) is 2.85. The van der Waals surface area contributed by atoms with E-state index in [0.29, 0.717) is 24.7 Å². The Kier molecular flexibility index (Phi) is 9.42. The van der Waals surface area contributed by atoms with Crippen LogP contribution in [0, 0.1) is 0 Å². The zero-order chi connectivity index (χ0) is 25.2. The van der Waals surface area contributed by atoms with Crippen molar-refractivity contribution in [3.63, 3.8) is 0 Å². The van der Waals surface area contributed by atoms with Gasteiger partial charge in [-0.1, -0.05) is 35.0 Å². The molecule has 0 radical (unpaired) electrons. The van der Waals surface area contributed by atoms with E-state index in [2.05, 4.69) is 36.5 Å². The van der Waals surface area contributed by atoms with Gasteiger partial charge in [-0.3, -0.25) is 9.59 Å². The Hall–Kier alpha value is -3.66. The molecular weight excluding hydrogens is 514 g/mol. The summed E-state index contributed by atoms with van der Waals surface area (Å²) in [6, 6.07) is 11.5. The topological polar surface area (TPSA) is 106 Å². The third-order valence-electron chi connectivity index (χ3n) is 4.92. The van der Waals surface area contributed by atoms with Crippen LogP contribution in [0.15, 0.2) is 59.4 Å². The summed E-state index contributed by atoms with van der Waals surface area (Å²) in [6.45, 7) is 2.53. The van der Waals surface area contributed by atoms with Crippen LogP contribution in [0.5, 0.6) is 5.75 Å². The van der Waals surface area contributed by atoms with Gasteiger partial charge in [-0.15, -0.1) is 0 Å². The van der Waals surface area contributed by atoms with Crippen molar-refractivity contribution in [3.8, 4) is 5.75 Å². The minimum absolute atomic E-state index is 0.0944. The van der Waals surface area contributed by atoms with Crippen LogP contribution in [0.1, 0.15) is 13.3 Å². The number of anilines is 3. The molecule has 0 saturated heterocycles. The van der Waals surface area contributed by atoms with Crippen LogP contribution in [-0.2, 0) is 14.3 Å². The van der Waals surface area contributed by atoms with Crippen LogP contribution in [-0.4, -0.2) is 60.6 Å². The summed E-state index contributed by atoms with van der Waals surface area (Å²) in [6.07, 6.45) is 5.33. The van der Waals surface area contributed by atoms with Crippen molar-refractivity contribution in [2.75, 3.05) is 44.5 Å². The Morgan fingerprint density at radius 2 is 2.03 bits per heavy atom. The molecular formula is C25H28BrN5O4. The number of hydrogen-bond acceptors (Lipinski definition) is 8. The highest BCUT2D eigenvalue weighted by Gasteiger charge is 2.12. The number of nitrogens with zero attached hydrogens (tertiary/aromatic N) is 3. The molecule has 1 aromatic heterocycles. The minimum Gasteiger partial charge on any atom is -0.495 e. The number of esters is 1. The molecule has 184 valence electrons. The van der Waals surface area contributed by atoms with E-state index in [1.165, 1.54) is 17.3 Å². The van der Waals surface area contributed by atoms with Crippen LogP contribution in [0.3, 0.4) is 0 Å². The Morgan fingerprint density at radius 1 is 1.20 bits per heavy atom. The Labute approximate surface area is 212 Å². The molecule has 2 aromatic carbocycles. The van der Waals surface area contributed by atoms with E-state index in [-0.39, 0.29) is 12.5 Å². The summed E-state index contributed by atoms with van der Waals surface area (Å²) in [5.41, 5.74) is 2.33. The van der Waals surface area contributed by atoms with Crippen molar-refractivity contribution >= 4 is 55.9 Å². The van der Waals surface area contributed by atoms with Gasteiger partial charge in [-0.2, -0.15) is 0 Å². The van der Waals surface area contributed by atoms with Gasteiger partial charge in [0.2, 0.25) is 5.91 Å². The van der Waals surface area contributed by atoms with E-state index >= 15 is 0 Å². The van der Waals surface area contributed by atoms with Crippen molar-refractivity contribution in [2.24, 2.45) is 0 Å². The number of fused-ring (bicyclic) bond motifs is 1. The van der Waals surface area contributed by atoms with Gasteiger partial charge in [0.25, 0.3) is 0 Å². The third kappa shape index (κ3) is 7.41. The van der Waals surface area contributed by atoms with Gasteiger partial charge in [0.05, 0.1) is 24.9 Å². The lowest BCUT2D eigenvalue weighted by molar-refractivity contribution is -0.147. The van der Waals surface area contributed by atoms with Gasteiger partial charge >= 0.3 is 5.97 Å². The van der Waals surface area contributed by atoms with Gasteiger partial charge < -0.3 is 25.0 Å². The number of aromatic nitrogens is 2. The largest absolute Gasteiger partial charge is 0.495 e. The maximum atomic E-state index is 12.3. The predicted octanol–water partition coefficient (Wildman–Crippen LogP) is 4.52. The van der Waals surface area contributed by atoms with Crippen LogP contribution >= 0.6 is 15.9 Å². The van der Waals surface area contributed by atoms with Crippen LogP contribution in [0.4, 0.5) is 17.2 Å². The standard InChI is InChI=1S/C25H28BrN5O4/c1-4-11-35-24(33)15-31(2)23(32)9-6-10-27-21-13-19-20(14-22(21)34-3)28-16-29-25(19)30-18-8-5-7-17(26)12-18/h5-9,12-14,16,27H,4,10-11,15H2,1-3H3,(H,28,29,30). The number of benzene rings is 2. The normalized spacial score (nSPS) is 10.9. The number of nitrogens with one attached hydrogen (secondary N) is 2. The molecule has 0 unspecified atom stereocenters. The highest BCUT2D eigenvalue weighted by Crippen LogP contribution is 2.33. The molecule has 3 aromatic rings. The highest BCUT2D eigenvalue weighted by molar-refractivity contribution is 9.10. The van der Waals surface area contributed by atoms with E-state index in [4.69, 9.17) is 9.47 Å². The first-order valence-corrected chi connectivity index (χ1v) is 11.9. The average molecular weight is 542 g/mol. The van der Waals surface area contributed by atoms with Crippen LogP contribution in [0.2, 0.25) is 0 Å². The van der Waals surface area contributed by atoms with Crippen LogP contribution in [0.25, 0.3) is 10.9 Å². The Bertz CT molecular complexity index is 1220. The lowest BCUT2D eigenvalue weighted by Gasteiger charge is -2.15. The minimum atomic E-state index is -0.426. The van der Waals surface area contributed by atoms with Crippen molar-refractivity contribution in [1.29, 1.82) is 0 Å². The molecule has 0 spiro atoms. The predicted molar refractivity (Wildman–Crippen MR) is 140 cm³/mol. The molecule has 1 amide bonds. The smallest absolute Gasteiger partial charge is 0.325 e. The lowest BCUT2D eigenvalue weighted by Crippen LogP contribution is -2.32. The number of amides is 1. The fourth-order valence-corrected chi connectivity index (χ4v) is 3.58. The number of likely N-dealkylation sites (N-methyl/N-ethyl adjacent to an activating group) is 1. The van der Waals surface area contributed by atoms with Crippen molar-refractivity contribution in [3.05, 3.63) is 59.4 Å². The summed E-state index contributed by atoms with van der Waals surface area (Å²) >= 11 is 3.48. The summed E-state index contributed by atoms with van der Waals surface area (Å²) in [7, 11) is 3.14. The second kappa shape index (κ2) is 12.7. The molecule has 2 N–H and O–H groups in total. The van der Waals surface area contributed by atoms with Crippen molar-refractivity contribution < 1.29 is 19.1 Å². The van der Waals surface area contributed by atoms with E-state index in [9.17, 15) is 9.59 Å². The fraction of sp³-hybridized carbons (Fsp3) is 0.280. The highest BCUT2D eigenvalue weighted by atomic mass is 79.9. The maximum absolute atomic E-state index is 12.3. The van der Waals surface area contributed by atoms with Gasteiger partial charge in [0.15, 0.2) is 0 Å². The maximum Gasteiger partial charge on any atom is 0.325 e. The molecule has 0 fully saturated rings. The van der Waals surface area contributed by atoms with Crippen LogP contribution < -0.4 is 15.4 Å². The van der Waals surface area contributed by atoms with Crippen molar-refractivity contribution in [1.82, 2.24) is 14.9 Å². The molecule has 0 aliphatic rings. The first-order chi connectivity index (χ1) is 16.9. The number of carbonyl (C=O) groups excluding carboxylic acids is 2. The number of rotatable bonds is 11. The van der Waals surface area contributed by atoms with E-state index in [1.54, 1.807) is 20.2 Å². The molecule has 0 atom stereocenters. The molecule has 0 saturated carbocycles. The molecule has 0 bridgehead atoms. The number of halogens is 1. The number of hydrogen-bond donors (Lipinski definition) is 2. The first-order valence-electron chi connectivity index (χ1n) is 11.1. The van der Waals surface area contributed by atoms with Gasteiger partial charge in [-0.05, 0) is 30.7 Å². The molecule has 3 rings (SSSR count). The zero-order valence-electron chi connectivity index (χ0n) is 19.9. The molecule has 0 aliphatic heterocycles. The molecule has 0 aliphatic carbocycles. The SMILES string of the molecule is CCCOC(=O)CN(C)C(=O)C=CCNc1cc2c(Nc3cccc(Br)c3)ncnc2cc1OC. The van der Waals surface area contributed by atoms with E-state index < -0.39 is 5.97 Å². The number of carbonyl (C=O) groups is 2. The monoisotopic (exact) mass is 541 g/mol. The van der Waals surface area contributed by atoms with E-state index in [1.807, 2.05) is 43.3 Å². The lowest BCUT2D eigenvalue weighted by atomic mass is 10.2. The zero-order valence-corrected chi connectivity index (χ0v) is 21.5. The Balaban J connectivity index is 1.70. The second-order valence-electron chi connectivity index (χ2n) is 7.63. The first kappa shape index (κ1) is 26.0. The fourth-order valence-electron chi connectivity index (χ4n) is 3.18. The Morgan fingerprint density at radius 3 is 2.77 bits per heavy atom. The quantitative estimate of drug-likeness (QED) is 0.269. The summed E-state index contributed by atoms with van der Waals surface area (Å²) in [5, 5.41) is 7.38. The number of ether oxygens (including phenoxy) is 2. The second-order valence-corrected chi connectivity index (χ2v) is 8.54. The van der Waals surface area contributed by atoms with Crippen molar-refractivity contribution in [2.45, 2.75) is 13.3 Å². The summed E-state index contributed by atoms with van der Waals surface area (Å²) in [5.74, 6) is 0.547. The van der Waals surface area contributed by atoms with Gasteiger partial charge in [0.1, 0.15) is 24.4 Å². The molecule has 35 heavy (non-hydrogen) atoms. The third-order valence-corrected chi connectivity index (χ3v) is 5.42. The molecule has 10 heteroatoms. The summed E-state index contributed by atoms with van der Waals surface area (Å²) in [4.78, 5) is 34.0. The number of methoxy groups -OCH3 is 1. The molecule has 1 heterocycles. The van der Waals surface area contributed by atoms with E-state index in [0.717, 1.165) is 33.2 Å². The summed E-state index contributed by atoms with van der Waals surface area (Å²) < 4.78 is 11.5.